The highest BCUT2D eigenvalue weighted by molar-refractivity contribution is 6.31. The molecule has 1 atom stereocenters. The second-order valence-electron chi connectivity index (χ2n) is 5.22. The van der Waals surface area contributed by atoms with Crippen LogP contribution in [0, 0.1) is 6.92 Å². The zero-order chi connectivity index (χ0) is 15.1. The zero-order valence-electron chi connectivity index (χ0n) is 12.1. The molecule has 6 heteroatoms. The predicted octanol–water partition coefficient (Wildman–Crippen LogP) is 4.08. The Morgan fingerprint density at radius 2 is 2.10 bits per heavy atom. The predicted molar refractivity (Wildman–Crippen MR) is 86.1 cm³/mol. The van der Waals surface area contributed by atoms with Crippen LogP contribution in [0.25, 0.3) is 11.0 Å². The number of halogens is 2. The molecule has 3 aromatic rings. The molecule has 0 amide bonds. The van der Waals surface area contributed by atoms with Crippen molar-refractivity contribution in [1.82, 2.24) is 19.3 Å². The van der Waals surface area contributed by atoms with E-state index in [9.17, 15) is 0 Å². The van der Waals surface area contributed by atoms with Crippen LogP contribution >= 0.6 is 23.2 Å². The molecule has 0 spiro atoms. The van der Waals surface area contributed by atoms with Crippen LogP contribution in [-0.4, -0.2) is 19.3 Å². The number of rotatable bonds is 3. The van der Waals surface area contributed by atoms with E-state index in [4.69, 9.17) is 23.2 Å². The lowest BCUT2D eigenvalue weighted by Gasteiger charge is -2.10. The Kier molecular flexibility index (Phi) is 3.68. The first kappa shape index (κ1) is 14.4. The summed E-state index contributed by atoms with van der Waals surface area (Å²) in [5.41, 5.74) is 4.06. The van der Waals surface area contributed by atoms with Gasteiger partial charge in [0.25, 0.3) is 0 Å². The van der Waals surface area contributed by atoms with Crippen LogP contribution in [0.3, 0.4) is 0 Å². The first-order valence-electron chi connectivity index (χ1n) is 6.74. The number of hydrogen-bond acceptors (Lipinski definition) is 2. The number of fused-ring (bicyclic) bond motifs is 1. The van der Waals surface area contributed by atoms with Crippen molar-refractivity contribution in [3.05, 3.63) is 46.5 Å². The van der Waals surface area contributed by atoms with Gasteiger partial charge in [-0.15, -0.1) is 11.6 Å². The third kappa shape index (κ3) is 2.65. The molecule has 0 aliphatic heterocycles. The molecule has 0 saturated heterocycles. The molecule has 2 heterocycles. The number of aromatic nitrogens is 4. The molecule has 1 unspecified atom stereocenters. The molecular formula is C15H16Cl2N4. The summed E-state index contributed by atoms with van der Waals surface area (Å²) in [6.07, 6.45) is 2.02. The van der Waals surface area contributed by atoms with Crippen LogP contribution in [0.5, 0.6) is 0 Å². The molecule has 1 aromatic carbocycles. The highest BCUT2D eigenvalue weighted by atomic mass is 35.5. The van der Waals surface area contributed by atoms with Crippen molar-refractivity contribution in [3.63, 3.8) is 0 Å². The van der Waals surface area contributed by atoms with Gasteiger partial charge in [0, 0.05) is 23.8 Å². The van der Waals surface area contributed by atoms with Gasteiger partial charge in [-0.25, -0.2) is 4.98 Å². The van der Waals surface area contributed by atoms with Crippen LogP contribution in [0.15, 0.2) is 24.4 Å². The van der Waals surface area contributed by atoms with Gasteiger partial charge in [-0.3, -0.25) is 4.68 Å². The van der Waals surface area contributed by atoms with Gasteiger partial charge in [0.2, 0.25) is 0 Å². The third-order valence-electron chi connectivity index (χ3n) is 3.54. The number of aryl methyl sites for hydroxylation is 2. The van der Waals surface area contributed by atoms with Gasteiger partial charge in [-0.2, -0.15) is 5.10 Å². The number of imidazole rings is 1. The molecule has 0 N–H and O–H groups in total. The minimum atomic E-state index is -0.173. The standard InChI is InChI=1S/C15H16Cl2N4/c1-9(16)15-18-13-5-4-12(17)6-14(13)21(15)8-11-7-20(3)19-10(11)2/h4-7,9H,8H2,1-3H3. The molecule has 0 fully saturated rings. The fourth-order valence-corrected chi connectivity index (χ4v) is 2.89. The summed E-state index contributed by atoms with van der Waals surface area (Å²) in [5, 5.41) is 4.91. The molecule has 0 radical (unpaired) electrons. The Morgan fingerprint density at radius 3 is 2.71 bits per heavy atom. The Labute approximate surface area is 133 Å². The quantitative estimate of drug-likeness (QED) is 0.681. The SMILES string of the molecule is Cc1nn(C)cc1Cn1c(C(C)Cl)nc2ccc(Cl)cc21. The fraction of sp³-hybridized carbons (Fsp3) is 0.333. The summed E-state index contributed by atoms with van der Waals surface area (Å²) in [7, 11) is 1.92. The zero-order valence-corrected chi connectivity index (χ0v) is 13.7. The van der Waals surface area contributed by atoms with Gasteiger partial charge >= 0.3 is 0 Å². The van der Waals surface area contributed by atoms with Crippen molar-refractivity contribution in [2.45, 2.75) is 25.8 Å². The number of alkyl halides is 1. The van der Waals surface area contributed by atoms with Crippen molar-refractivity contribution in [3.8, 4) is 0 Å². The minimum absolute atomic E-state index is 0.173. The van der Waals surface area contributed by atoms with Crippen molar-refractivity contribution in [2.24, 2.45) is 7.05 Å². The smallest absolute Gasteiger partial charge is 0.128 e. The van der Waals surface area contributed by atoms with Crippen LogP contribution in [0.1, 0.15) is 29.4 Å². The van der Waals surface area contributed by atoms with E-state index >= 15 is 0 Å². The average Bonchev–Trinajstić information content (AvgIpc) is 2.91. The van der Waals surface area contributed by atoms with Crippen LogP contribution in [0.2, 0.25) is 5.02 Å². The van der Waals surface area contributed by atoms with Crippen molar-refractivity contribution < 1.29 is 0 Å². The molecule has 3 rings (SSSR count). The van der Waals surface area contributed by atoms with E-state index in [0.29, 0.717) is 11.6 Å². The maximum atomic E-state index is 6.29. The first-order valence-corrected chi connectivity index (χ1v) is 7.56. The van der Waals surface area contributed by atoms with E-state index in [2.05, 4.69) is 14.6 Å². The number of hydrogen-bond donors (Lipinski definition) is 0. The molecule has 21 heavy (non-hydrogen) atoms. The normalized spacial score (nSPS) is 13.0. The molecule has 4 nitrogen and oxygen atoms in total. The van der Waals surface area contributed by atoms with E-state index in [1.54, 1.807) is 0 Å². The lowest BCUT2D eigenvalue weighted by atomic mass is 10.2. The molecule has 0 aliphatic rings. The molecule has 0 aliphatic carbocycles. The Morgan fingerprint density at radius 1 is 1.33 bits per heavy atom. The summed E-state index contributed by atoms with van der Waals surface area (Å²) in [6, 6.07) is 5.70. The average molecular weight is 323 g/mol. The van der Waals surface area contributed by atoms with Gasteiger partial charge in [0.15, 0.2) is 0 Å². The second-order valence-corrected chi connectivity index (χ2v) is 6.31. The van der Waals surface area contributed by atoms with E-state index < -0.39 is 0 Å². The minimum Gasteiger partial charge on any atom is -0.322 e. The maximum absolute atomic E-state index is 6.29. The number of nitrogens with zero attached hydrogens (tertiary/aromatic N) is 4. The first-order chi connectivity index (χ1) is 9.95. The Bertz CT molecular complexity index is 801. The monoisotopic (exact) mass is 322 g/mol. The summed E-state index contributed by atoms with van der Waals surface area (Å²) in [6.45, 7) is 4.62. The Balaban J connectivity index is 2.17. The molecule has 0 saturated carbocycles. The van der Waals surface area contributed by atoms with Gasteiger partial charge in [0.05, 0.1) is 28.6 Å². The lowest BCUT2D eigenvalue weighted by Crippen LogP contribution is -2.06. The summed E-state index contributed by atoms with van der Waals surface area (Å²) in [5.74, 6) is 0.845. The van der Waals surface area contributed by atoms with Gasteiger partial charge in [-0.1, -0.05) is 11.6 Å². The third-order valence-corrected chi connectivity index (χ3v) is 3.97. The van der Waals surface area contributed by atoms with Crippen LogP contribution < -0.4 is 0 Å². The highest BCUT2D eigenvalue weighted by Gasteiger charge is 2.17. The second kappa shape index (κ2) is 5.35. The summed E-state index contributed by atoms with van der Waals surface area (Å²) < 4.78 is 3.93. The molecule has 0 bridgehead atoms. The van der Waals surface area contributed by atoms with Crippen LogP contribution in [0.4, 0.5) is 0 Å². The van der Waals surface area contributed by atoms with Gasteiger partial charge in [0.1, 0.15) is 5.82 Å². The van der Waals surface area contributed by atoms with E-state index in [1.165, 1.54) is 0 Å². The summed E-state index contributed by atoms with van der Waals surface area (Å²) >= 11 is 12.4. The maximum Gasteiger partial charge on any atom is 0.128 e. The lowest BCUT2D eigenvalue weighted by molar-refractivity contribution is 0.738. The largest absolute Gasteiger partial charge is 0.322 e. The number of benzene rings is 1. The highest BCUT2D eigenvalue weighted by Crippen LogP contribution is 2.27. The Hall–Kier alpha value is -1.52. The molecule has 2 aromatic heterocycles. The van der Waals surface area contributed by atoms with E-state index in [0.717, 1.165) is 28.1 Å². The van der Waals surface area contributed by atoms with Crippen molar-refractivity contribution >= 4 is 34.2 Å². The fourth-order valence-electron chi connectivity index (χ4n) is 2.56. The molecular weight excluding hydrogens is 307 g/mol. The van der Waals surface area contributed by atoms with E-state index in [1.807, 2.05) is 50.0 Å². The van der Waals surface area contributed by atoms with E-state index in [-0.39, 0.29) is 5.38 Å². The van der Waals surface area contributed by atoms with Gasteiger partial charge in [-0.05, 0) is 32.0 Å². The van der Waals surface area contributed by atoms with Crippen molar-refractivity contribution in [2.75, 3.05) is 0 Å². The van der Waals surface area contributed by atoms with Crippen LogP contribution in [-0.2, 0) is 13.6 Å². The molecule has 110 valence electrons. The topological polar surface area (TPSA) is 35.6 Å². The van der Waals surface area contributed by atoms with Gasteiger partial charge < -0.3 is 4.57 Å². The summed E-state index contributed by atoms with van der Waals surface area (Å²) in [4.78, 5) is 4.63. The van der Waals surface area contributed by atoms with Crippen molar-refractivity contribution in [1.29, 1.82) is 0 Å².